The first-order valence-corrected chi connectivity index (χ1v) is 9.65. The molecule has 156 valence electrons. The summed E-state index contributed by atoms with van der Waals surface area (Å²) in [4.78, 5) is 51.5. The monoisotopic (exact) mass is 412 g/mol. The number of amides is 5. The van der Waals surface area contributed by atoms with Gasteiger partial charge >= 0.3 is 17.8 Å². The molecular formula is C20H20N4O6. The summed E-state index contributed by atoms with van der Waals surface area (Å²) in [6.07, 6.45) is 4.67. The summed E-state index contributed by atoms with van der Waals surface area (Å²) in [5, 5.41) is 5.52. The molecule has 4 rings (SSSR count). The van der Waals surface area contributed by atoms with Crippen LogP contribution in [0.4, 0.5) is 4.79 Å². The highest BCUT2D eigenvalue weighted by Gasteiger charge is 2.46. The van der Waals surface area contributed by atoms with Crippen LogP contribution in [0.1, 0.15) is 43.7 Å². The quantitative estimate of drug-likeness (QED) is 0.508. The first-order chi connectivity index (χ1) is 14.5. The molecule has 1 saturated heterocycles. The second kappa shape index (κ2) is 7.97. The van der Waals surface area contributed by atoms with Crippen LogP contribution in [-0.4, -0.2) is 57.4 Å². The number of hydrogen-bond acceptors (Lipinski definition) is 7. The molecule has 0 aliphatic carbocycles. The SMILES string of the molecule is CCCCN1C(=O)C(=O)N(CC(=O)N2N=C(c3ccco3)CC2c2ccco2)C1=O. The Labute approximate surface area is 171 Å². The molecule has 2 aromatic rings. The lowest BCUT2D eigenvalue weighted by Gasteiger charge is -2.22. The molecule has 0 aromatic carbocycles. The van der Waals surface area contributed by atoms with E-state index in [9.17, 15) is 19.2 Å². The first-order valence-electron chi connectivity index (χ1n) is 9.65. The van der Waals surface area contributed by atoms with Crippen LogP contribution in [0.25, 0.3) is 0 Å². The molecule has 5 amide bonds. The van der Waals surface area contributed by atoms with E-state index in [1.807, 2.05) is 6.92 Å². The summed E-state index contributed by atoms with van der Waals surface area (Å²) in [5.41, 5.74) is 0.537. The molecule has 4 heterocycles. The Kier molecular flexibility index (Phi) is 5.21. The van der Waals surface area contributed by atoms with E-state index in [4.69, 9.17) is 8.83 Å². The van der Waals surface area contributed by atoms with Crippen LogP contribution >= 0.6 is 0 Å². The molecule has 0 spiro atoms. The average Bonchev–Trinajstić information content (AvgIpc) is 3.52. The number of imide groups is 2. The number of carbonyl (C=O) groups excluding carboxylic acids is 4. The number of furan rings is 2. The number of nitrogens with zero attached hydrogens (tertiary/aromatic N) is 4. The third-order valence-electron chi connectivity index (χ3n) is 5.01. The third-order valence-corrected chi connectivity index (χ3v) is 5.01. The minimum atomic E-state index is -1.01. The highest BCUT2D eigenvalue weighted by Crippen LogP contribution is 2.33. The molecule has 0 N–H and O–H groups in total. The van der Waals surface area contributed by atoms with E-state index in [0.717, 1.165) is 11.3 Å². The van der Waals surface area contributed by atoms with Gasteiger partial charge < -0.3 is 8.83 Å². The highest BCUT2D eigenvalue weighted by molar-refractivity contribution is 6.45. The summed E-state index contributed by atoms with van der Waals surface area (Å²) in [6.45, 7) is 1.47. The zero-order chi connectivity index (χ0) is 21.3. The Morgan fingerprint density at radius 2 is 1.83 bits per heavy atom. The van der Waals surface area contributed by atoms with Gasteiger partial charge in [-0.1, -0.05) is 13.3 Å². The molecule has 2 aromatic heterocycles. The molecule has 10 nitrogen and oxygen atoms in total. The Balaban J connectivity index is 1.55. The third kappa shape index (κ3) is 3.40. The van der Waals surface area contributed by atoms with Crippen molar-refractivity contribution in [1.29, 1.82) is 0 Å². The fraction of sp³-hybridized carbons (Fsp3) is 0.350. The molecule has 10 heteroatoms. The fourth-order valence-electron chi connectivity index (χ4n) is 3.45. The summed E-state index contributed by atoms with van der Waals surface area (Å²) < 4.78 is 10.8. The number of rotatable bonds is 7. The van der Waals surface area contributed by atoms with Gasteiger partial charge in [-0.25, -0.2) is 14.7 Å². The van der Waals surface area contributed by atoms with Crippen molar-refractivity contribution in [2.45, 2.75) is 32.2 Å². The van der Waals surface area contributed by atoms with Crippen molar-refractivity contribution >= 4 is 29.5 Å². The number of hydrazone groups is 1. The van der Waals surface area contributed by atoms with Crippen molar-refractivity contribution < 1.29 is 28.0 Å². The highest BCUT2D eigenvalue weighted by atomic mass is 16.3. The van der Waals surface area contributed by atoms with E-state index >= 15 is 0 Å². The van der Waals surface area contributed by atoms with Crippen molar-refractivity contribution in [2.75, 3.05) is 13.1 Å². The van der Waals surface area contributed by atoms with Crippen molar-refractivity contribution in [3.63, 3.8) is 0 Å². The molecule has 0 radical (unpaired) electrons. The van der Waals surface area contributed by atoms with Crippen LogP contribution in [0.15, 0.2) is 50.7 Å². The number of unbranched alkanes of at least 4 members (excludes halogenated alkanes) is 1. The maximum absolute atomic E-state index is 13.0. The Hall–Kier alpha value is -3.69. The van der Waals surface area contributed by atoms with Gasteiger partial charge in [-0.05, 0) is 30.7 Å². The van der Waals surface area contributed by atoms with Gasteiger partial charge in [0.2, 0.25) is 0 Å². The van der Waals surface area contributed by atoms with E-state index in [0.29, 0.717) is 35.0 Å². The molecular weight excluding hydrogens is 392 g/mol. The Morgan fingerprint density at radius 1 is 1.10 bits per heavy atom. The maximum Gasteiger partial charge on any atom is 0.334 e. The van der Waals surface area contributed by atoms with Gasteiger partial charge in [0.15, 0.2) is 0 Å². The summed E-state index contributed by atoms with van der Waals surface area (Å²) >= 11 is 0. The lowest BCUT2D eigenvalue weighted by Crippen LogP contribution is -2.42. The number of carbonyl (C=O) groups is 4. The molecule has 2 aliphatic rings. The number of urea groups is 1. The van der Waals surface area contributed by atoms with Gasteiger partial charge in [-0.3, -0.25) is 19.3 Å². The van der Waals surface area contributed by atoms with E-state index in [2.05, 4.69) is 5.10 Å². The summed E-state index contributed by atoms with van der Waals surface area (Å²) in [6, 6.07) is 5.52. The van der Waals surface area contributed by atoms with Gasteiger partial charge in [0.25, 0.3) is 5.91 Å². The topological polar surface area (TPSA) is 117 Å². The smallest absolute Gasteiger partial charge is 0.334 e. The minimum absolute atomic E-state index is 0.143. The molecule has 2 aliphatic heterocycles. The van der Waals surface area contributed by atoms with Gasteiger partial charge in [-0.2, -0.15) is 5.10 Å². The van der Waals surface area contributed by atoms with Crippen LogP contribution in [0.2, 0.25) is 0 Å². The van der Waals surface area contributed by atoms with Gasteiger partial charge in [0, 0.05) is 13.0 Å². The zero-order valence-corrected chi connectivity index (χ0v) is 16.3. The molecule has 0 bridgehead atoms. The lowest BCUT2D eigenvalue weighted by molar-refractivity contribution is -0.145. The number of hydrogen-bond donors (Lipinski definition) is 0. The second-order valence-electron chi connectivity index (χ2n) is 6.98. The van der Waals surface area contributed by atoms with E-state index in [1.165, 1.54) is 17.5 Å². The standard InChI is InChI=1S/C20H20N4O6/c1-2-3-8-22-18(26)19(27)23(20(22)28)12-17(25)24-14(16-7-5-10-30-16)11-13(21-24)15-6-4-9-29-15/h4-7,9-10,14H,2-3,8,11-12H2,1H3. The van der Waals surface area contributed by atoms with Crippen LogP contribution in [-0.2, 0) is 14.4 Å². The normalized spacial score (nSPS) is 19.2. The van der Waals surface area contributed by atoms with Crippen LogP contribution in [0.3, 0.4) is 0 Å². The Morgan fingerprint density at radius 3 is 2.50 bits per heavy atom. The predicted molar refractivity (Wildman–Crippen MR) is 102 cm³/mol. The lowest BCUT2D eigenvalue weighted by atomic mass is 10.1. The van der Waals surface area contributed by atoms with Crippen LogP contribution < -0.4 is 0 Å². The van der Waals surface area contributed by atoms with E-state index in [1.54, 1.807) is 24.3 Å². The molecule has 1 unspecified atom stereocenters. The molecule has 0 saturated carbocycles. The largest absolute Gasteiger partial charge is 0.467 e. The van der Waals surface area contributed by atoms with Crippen molar-refractivity contribution in [1.82, 2.24) is 14.8 Å². The van der Waals surface area contributed by atoms with Crippen LogP contribution in [0, 0.1) is 0 Å². The average molecular weight is 412 g/mol. The van der Waals surface area contributed by atoms with Crippen molar-refractivity contribution in [3.8, 4) is 0 Å². The molecule has 1 fully saturated rings. The van der Waals surface area contributed by atoms with E-state index in [-0.39, 0.29) is 6.54 Å². The fourth-order valence-corrected chi connectivity index (χ4v) is 3.45. The minimum Gasteiger partial charge on any atom is -0.467 e. The molecule has 30 heavy (non-hydrogen) atoms. The first kappa shape index (κ1) is 19.6. The summed E-state index contributed by atoms with van der Waals surface area (Å²) in [7, 11) is 0. The van der Waals surface area contributed by atoms with Crippen molar-refractivity contribution in [3.05, 3.63) is 48.3 Å². The van der Waals surface area contributed by atoms with Crippen molar-refractivity contribution in [2.24, 2.45) is 5.10 Å². The molecule has 1 atom stereocenters. The predicted octanol–water partition coefficient (Wildman–Crippen LogP) is 2.14. The van der Waals surface area contributed by atoms with Gasteiger partial charge in [0.1, 0.15) is 29.8 Å². The zero-order valence-electron chi connectivity index (χ0n) is 16.3. The maximum atomic E-state index is 13.0. The Bertz CT molecular complexity index is 995. The second-order valence-corrected chi connectivity index (χ2v) is 6.98. The van der Waals surface area contributed by atoms with E-state index < -0.39 is 36.3 Å². The van der Waals surface area contributed by atoms with Gasteiger partial charge in [-0.15, -0.1) is 0 Å². The van der Waals surface area contributed by atoms with Gasteiger partial charge in [0.05, 0.1) is 12.5 Å². The summed E-state index contributed by atoms with van der Waals surface area (Å²) in [5.74, 6) is -1.51. The van der Waals surface area contributed by atoms with Crippen LogP contribution in [0.5, 0.6) is 0 Å².